The van der Waals surface area contributed by atoms with Crippen molar-refractivity contribution >= 4 is 56.2 Å². The van der Waals surface area contributed by atoms with Crippen LogP contribution in [0.5, 0.6) is 0 Å². The molecule has 1 aromatic rings. The van der Waals surface area contributed by atoms with Gasteiger partial charge >= 0.3 is 0 Å². The van der Waals surface area contributed by atoms with E-state index >= 15 is 0 Å². The first-order valence-electron chi connectivity index (χ1n) is 5.38. The molecular formula is C12H15BrINOS. The van der Waals surface area contributed by atoms with Gasteiger partial charge < -0.3 is 5.32 Å². The maximum absolute atomic E-state index is 12.0. The van der Waals surface area contributed by atoms with Gasteiger partial charge in [-0.1, -0.05) is 6.92 Å². The average Bonchev–Trinajstić information content (AvgIpc) is 2.29. The number of hydrogen-bond donors (Lipinski definition) is 1. The average molecular weight is 428 g/mol. The maximum atomic E-state index is 12.0. The molecule has 0 spiro atoms. The van der Waals surface area contributed by atoms with Crippen molar-refractivity contribution in [1.82, 2.24) is 5.32 Å². The molecule has 1 N–H and O–H groups in total. The Hall–Kier alpha value is 0.250. The summed E-state index contributed by atoms with van der Waals surface area (Å²) in [5, 5.41) is 3.01. The summed E-state index contributed by atoms with van der Waals surface area (Å²) in [6, 6.07) is 5.96. The summed E-state index contributed by atoms with van der Waals surface area (Å²) in [5.41, 5.74) is 0.699. The number of hydrogen-bond acceptors (Lipinski definition) is 2. The van der Waals surface area contributed by atoms with Gasteiger partial charge in [0.05, 0.1) is 5.56 Å². The third-order valence-corrected chi connectivity index (χ3v) is 4.63. The summed E-state index contributed by atoms with van der Waals surface area (Å²) in [6.07, 6.45) is 0. The summed E-state index contributed by atoms with van der Waals surface area (Å²) in [6.45, 7) is 4.15. The van der Waals surface area contributed by atoms with Gasteiger partial charge in [0.1, 0.15) is 0 Å². The lowest BCUT2D eigenvalue weighted by Crippen LogP contribution is -2.34. The maximum Gasteiger partial charge on any atom is 0.252 e. The van der Waals surface area contributed by atoms with E-state index in [1.165, 1.54) is 0 Å². The highest BCUT2D eigenvalue weighted by atomic mass is 127. The number of amides is 1. The van der Waals surface area contributed by atoms with Crippen LogP contribution in [0.3, 0.4) is 0 Å². The number of carbonyl (C=O) groups excluding carboxylic acids is 1. The van der Waals surface area contributed by atoms with Crippen molar-refractivity contribution in [3.05, 3.63) is 31.8 Å². The lowest BCUT2D eigenvalue weighted by Gasteiger charge is -2.14. The summed E-state index contributed by atoms with van der Waals surface area (Å²) >= 11 is 7.44. The van der Waals surface area contributed by atoms with Gasteiger partial charge in [-0.3, -0.25) is 4.79 Å². The smallest absolute Gasteiger partial charge is 0.252 e. The van der Waals surface area contributed by atoms with E-state index in [-0.39, 0.29) is 11.9 Å². The predicted molar refractivity (Wildman–Crippen MR) is 86.8 cm³/mol. The van der Waals surface area contributed by atoms with Crippen LogP contribution >= 0.6 is 50.3 Å². The SMILES string of the molecule is CCSCC(C)NC(=O)c1cc(I)ccc1Br. The van der Waals surface area contributed by atoms with Crippen molar-refractivity contribution in [3.8, 4) is 0 Å². The van der Waals surface area contributed by atoms with E-state index in [9.17, 15) is 4.79 Å². The molecule has 0 saturated heterocycles. The highest BCUT2D eigenvalue weighted by molar-refractivity contribution is 14.1. The number of rotatable bonds is 5. The molecular weight excluding hydrogens is 413 g/mol. The van der Waals surface area contributed by atoms with Crippen molar-refractivity contribution in [1.29, 1.82) is 0 Å². The molecule has 0 aliphatic heterocycles. The summed E-state index contributed by atoms with van der Waals surface area (Å²) in [5.74, 6) is 2.01. The molecule has 0 fully saturated rings. The van der Waals surface area contributed by atoms with Gasteiger partial charge in [-0.2, -0.15) is 11.8 Å². The van der Waals surface area contributed by atoms with Crippen LogP contribution in [0, 0.1) is 3.57 Å². The Morgan fingerprint density at radius 3 is 2.94 bits per heavy atom. The minimum atomic E-state index is -0.0143. The minimum absolute atomic E-state index is 0.0143. The van der Waals surface area contributed by atoms with Crippen LogP contribution in [-0.2, 0) is 0 Å². The fourth-order valence-corrected chi connectivity index (χ4v) is 2.90. The molecule has 0 radical (unpaired) electrons. The van der Waals surface area contributed by atoms with Crippen molar-refractivity contribution < 1.29 is 4.79 Å². The molecule has 0 aliphatic rings. The molecule has 2 nitrogen and oxygen atoms in total. The molecule has 0 bridgehead atoms. The van der Waals surface area contributed by atoms with Gasteiger partial charge in [0.25, 0.3) is 5.91 Å². The zero-order valence-electron chi connectivity index (χ0n) is 9.80. The quantitative estimate of drug-likeness (QED) is 0.721. The first kappa shape index (κ1) is 15.3. The van der Waals surface area contributed by atoms with E-state index in [4.69, 9.17) is 0 Å². The first-order chi connectivity index (χ1) is 8.04. The predicted octanol–water partition coefficient (Wildman–Crippen LogP) is 3.93. The third kappa shape index (κ3) is 5.18. The van der Waals surface area contributed by atoms with Gasteiger partial charge in [0, 0.05) is 19.8 Å². The van der Waals surface area contributed by atoms with Crippen LogP contribution in [0.1, 0.15) is 24.2 Å². The Morgan fingerprint density at radius 1 is 1.59 bits per heavy atom. The second-order valence-electron chi connectivity index (χ2n) is 3.66. The Morgan fingerprint density at radius 2 is 2.29 bits per heavy atom. The minimum Gasteiger partial charge on any atom is -0.349 e. The zero-order valence-corrected chi connectivity index (χ0v) is 14.4. The number of carbonyl (C=O) groups is 1. The standard InChI is InChI=1S/C12H15BrINOS/c1-3-17-7-8(2)15-12(16)10-6-9(14)4-5-11(10)13/h4-6,8H,3,7H2,1-2H3,(H,15,16). The van der Waals surface area contributed by atoms with Crippen LogP contribution in [-0.4, -0.2) is 23.5 Å². The van der Waals surface area contributed by atoms with Gasteiger partial charge in [-0.25, -0.2) is 0 Å². The summed E-state index contributed by atoms with van der Waals surface area (Å²) in [7, 11) is 0. The van der Waals surface area contributed by atoms with Crippen LogP contribution in [0.2, 0.25) is 0 Å². The van der Waals surface area contributed by atoms with Crippen molar-refractivity contribution in [2.75, 3.05) is 11.5 Å². The van der Waals surface area contributed by atoms with Gasteiger partial charge in [-0.05, 0) is 69.4 Å². The number of benzene rings is 1. The Labute approximate surface area is 129 Å². The summed E-state index contributed by atoms with van der Waals surface area (Å²) < 4.78 is 1.90. The lowest BCUT2D eigenvalue weighted by atomic mass is 10.2. The van der Waals surface area contributed by atoms with Crippen LogP contribution < -0.4 is 5.32 Å². The molecule has 94 valence electrons. The fraction of sp³-hybridized carbons (Fsp3) is 0.417. The molecule has 17 heavy (non-hydrogen) atoms. The van der Waals surface area contributed by atoms with E-state index in [0.29, 0.717) is 5.56 Å². The first-order valence-corrected chi connectivity index (χ1v) is 8.41. The normalized spacial score (nSPS) is 12.2. The molecule has 1 amide bonds. The van der Waals surface area contributed by atoms with Gasteiger partial charge in [-0.15, -0.1) is 0 Å². The molecule has 1 rings (SSSR count). The fourth-order valence-electron chi connectivity index (χ4n) is 1.31. The lowest BCUT2D eigenvalue weighted by molar-refractivity contribution is 0.0943. The number of thioether (sulfide) groups is 1. The highest BCUT2D eigenvalue weighted by Gasteiger charge is 2.12. The second-order valence-corrected chi connectivity index (χ2v) is 7.08. The Bertz CT molecular complexity index is 400. The van der Waals surface area contributed by atoms with Crippen molar-refractivity contribution in [2.24, 2.45) is 0 Å². The van der Waals surface area contributed by atoms with E-state index in [2.05, 4.69) is 50.8 Å². The molecule has 5 heteroatoms. The molecule has 1 unspecified atom stereocenters. The van der Waals surface area contributed by atoms with Gasteiger partial charge in [0.2, 0.25) is 0 Å². The van der Waals surface area contributed by atoms with E-state index in [0.717, 1.165) is 19.5 Å². The van der Waals surface area contributed by atoms with Crippen LogP contribution in [0.15, 0.2) is 22.7 Å². The van der Waals surface area contributed by atoms with Crippen LogP contribution in [0.25, 0.3) is 0 Å². The van der Waals surface area contributed by atoms with E-state index in [1.807, 2.05) is 36.9 Å². The second kappa shape index (κ2) is 7.63. The highest BCUT2D eigenvalue weighted by Crippen LogP contribution is 2.19. The third-order valence-electron chi connectivity index (χ3n) is 2.12. The van der Waals surface area contributed by atoms with Crippen LogP contribution in [0.4, 0.5) is 0 Å². The molecule has 0 aromatic heterocycles. The monoisotopic (exact) mass is 427 g/mol. The topological polar surface area (TPSA) is 29.1 Å². The number of halogens is 2. The molecule has 0 aliphatic carbocycles. The number of nitrogens with one attached hydrogen (secondary N) is 1. The zero-order chi connectivity index (χ0) is 12.8. The van der Waals surface area contributed by atoms with E-state index in [1.54, 1.807) is 0 Å². The molecule has 0 saturated carbocycles. The van der Waals surface area contributed by atoms with Crippen molar-refractivity contribution in [2.45, 2.75) is 19.9 Å². The Balaban J connectivity index is 2.66. The molecule has 1 atom stereocenters. The van der Waals surface area contributed by atoms with Gasteiger partial charge in [0.15, 0.2) is 0 Å². The van der Waals surface area contributed by atoms with Crippen molar-refractivity contribution in [3.63, 3.8) is 0 Å². The Kier molecular flexibility index (Phi) is 6.87. The summed E-state index contributed by atoms with van der Waals surface area (Å²) in [4.78, 5) is 12.0. The van der Waals surface area contributed by atoms with E-state index < -0.39 is 0 Å². The molecule has 0 heterocycles. The largest absolute Gasteiger partial charge is 0.349 e. The molecule has 1 aromatic carbocycles.